The van der Waals surface area contributed by atoms with Gasteiger partial charge in [0.05, 0.1) is 19.1 Å². The molecule has 0 saturated carbocycles. The lowest BCUT2D eigenvalue weighted by atomic mass is 9.96. The van der Waals surface area contributed by atoms with Crippen LogP contribution < -0.4 is 11.0 Å². The molecular weight excluding hydrogens is 587 g/mol. The fourth-order valence-electron chi connectivity index (χ4n) is 6.38. The second kappa shape index (κ2) is 13.1. The van der Waals surface area contributed by atoms with E-state index in [1.165, 1.54) is 16.8 Å². The van der Waals surface area contributed by atoms with E-state index in [0.29, 0.717) is 5.56 Å². The van der Waals surface area contributed by atoms with E-state index < -0.39 is 59.0 Å². The monoisotopic (exact) mass is 631 g/mol. The molecule has 2 saturated heterocycles. The summed E-state index contributed by atoms with van der Waals surface area (Å²) >= 11 is 0. The molecule has 4 atom stereocenters. The fraction of sp³-hybridized carbons (Fsp3) is 0.600. The molecule has 2 aliphatic heterocycles. The Morgan fingerprint density at radius 3 is 2.12 bits per heavy atom. The third-order valence-corrected chi connectivity index (χ3v) is 18.8. The molecule has 2 aromatic rings. The number of rotatable bonds is 9. The summed E-state index contributed by atoms with van der Waals surface area (Å²) in [6.07, 6.45) is -1.07. The smallest absolute Gasteiger partial charge is 0.351 e. The van der Waals surface area contributed by atoms with Crippen LogP contribution in [0.1, 0.15) is 78.4 Å². The number of carbonyl (C=O) groups is 2. The van der Waals surface area contributed by atoms with Crippen molar-refractivity contribution in [1.82, 2.24) is 9.55 Å². The third-order valence-electron chi connectivity index (χ3n) is 8.59. The molecular formula is C30H45N3O8Si2. The quantitative estimate of drug-likeness (QED) is 0.347. The Kier molecular flexibility index (Phi) is 10.1. The van der Waals surface area contributed by atoms with Crippen molar-refractivity contribution in [1.29, 1.82) is 0 Å². The molecule has 236 valence electrons. The Labute approximate surface area is 255 Å². The average molecular weight is 632 g/mol. The van der Waals surface area contributed by atoms with Crippen molar-refractivity contribution in [3.8, 4) is 0 Å². The van der Waals surface area contributed by atoms with Crippen molar-refractivity contribution in [3.05, 3.63) is 58.6 Å². The Hall–Kier alpha value is -2.69. The first kappa shape index (κ1) is 33.2. The van der Waals surface area contributed by atoms with Crippen molar-refractivity contribution in [2.45, 2.75) is 102 Å². The normalized spacial score (nSPS) is 25.0. The average Bonchev–Trinajstić information content (AvgIpc) is 3.23. The molecule has 0 aliphatic carbocycles. The van der Waals surface area contributed by atoms with Gasteiger partial charge in [-0.2, -0.15) is 4.98 Å². The number of ether oxygens (including phenoxy) is 1. The number of aliphatic carboxylic acids is 1. The Morgan fingerprint density at radius 2 is 1.58 bits per heavy atom. The Balaban J connectivity index is 1.73. The first-order chi connectivity index (χ1) is 20.2. The molecule has 0 spiro atoms. The number of carboxylic acids is 1. The number of hydrogen-bond donors (Lipinski definition) is 2. The van der Waals surface area contributed by atoms with Crippen LogP contribution >= 0.6 is 0 Å². The standard InChI is InChI=1S/C30H45N3O8Si2/c1-18(2)42(19(3)4)38-17-24-27(40-43(41-42,20(5)6)21(7)8)23(16-26(34)35)29(39-24)33-15-14-25(32-30(33)37)31-28(36)22-12-10-9-11-13-22/h9-15,18-21,23-24,27,29H,16-17H2,1-8H3,(H,34,35)(H,31,32,36,37)/t23-,24-,27+,29-/m1/s1. The van der Waals surface area contributed by atoms with Gasteiger partial charge in [-0.1, -0.05) is 73.6 Å². The number of anilines is 1. The molecule has 11 nitrogen and oxygen atoms in total. The number of carbonyl (C=O) groups excluding carboxylic acids is 1. The van der Waals surface area contributed by atoms with Crippen LogP contribution in [-0.2, 0) is 22.5 Å². The van der Waals surface area contributed by atoms with Gasteiger partial charge in [-0.05, 0) is 40.4 Å². The molecule has 0 bridgehead atoms. The molecule has 2 aliphatic rings. The maximum absolute atomic E-state index is 13.3. The van der Waals surface area contributed by atoms with E-state index in [0.717, 1.165) is 0 Å². The lowest BCUT2D eigenvalue weighted by molar-refractivity contribution is -0.139. The van der Waals surface area contributed by atoms with Crippen molar-refractivity contribution in [3.63, 3.8) is 0 Å². The van der Waals surface area contributed by atoms with E-state index in [1.807, 2.05) is 0 Å². The molecule has 1 amide bonds. The SMILES string of the molecule is CC(C)[Si]1(C(C)C)OC[C@H]2O[C@@H](n3ccc(NC(=O)c4ccccc4)nc3=O)[C@H](CC(=O)O)[C@@H]2O[Si](C(C)C)(C(C)C)O1. The van der Waals surface area contributed by atoms with Crippen LogP contribution in [0.2, 0.25) is 22.2 Å². The number of fused-ring (bicyclic) bond motifs is 1. The number of nitrogens with one attached hydrogen (secondary N) is 1. The first-order valence-electron chi connectivity index (χ1n) is 15.1. The summed E-state index contributed by atoms with van der Waals surface area (Å²) < 4.78 is 28.9. The van der Waals surface area contributed by atoms with Gasteiger partial charge in [-0.25, -0.2) is 4.79 Å². The number of benzene rings is 1. The van der Waals surface area contributed by atoms with E-state index in [2.05, 4.69) is 65.7 Å². The molecule has 0 unspecified atom stereocenters. The number of nitrogens with zero attached hydrogens (tertiary/aromatic N) is 2. The summed E-state index contributed by atoms with van der Waals surface area (Å²) in [7, 11) is -5.89. The maximum atomic E-state index is 13.3. The van der Waals surface area contributed by atoms with Gasteiger partial charge in [-0.15, -0.1) is 0 Å². The van der Waals surface area contributed by atoms with E-state index in [9.17, 15) is 19.5 Å². The van der Waals surface area contributed by atoms with E-state index >= 15 is 0 Å². The maximum Gasteiger partial charge on any atom is 0.351 e. The predicted molar refractivity (Wildman–Crippen MR) is 166 cm³/mol. The molecule has 1 aromatic heterocycles. The highest BCUT2D eigenvalue weighted by atomic mass is 28.5. The zero-order chi connectivity index (χ0) is 31.7. The van der Waals surface area contributed by atoms with Gasteiger partial charge in [0.1, 0.15) is 18.1 Å². The number of aromatic nitrogens is 2. The minimum absolute atomic E-state index is 0.0423. The van der Waals surface area contributed by atoms with E-state index in [-0.39, 0.29) is 41.0 Å². The molecule has 2 N–H and O–H groups in total. The molecule has 43 heavy (non-hydrogen) atoms. The van der Waals surface area contributed by atoms with Crippen LogP contribution in [0.5, 0.6) is 0 Å². The zero-order valence-corrected chi connectivity index (χ0v) is 28.3. The van der Waals surface area contributed by atoms with Gasteiger partial charge in [0.2, 0.25) is 0 Å². The topological polar surface area (TPSA) is 138 Å². The van der Waals surface area contributed by atoms with Crippen LogP contribution in [-0.4, -0.2) is 62.5 Å². The van der Waals surface area contributed by atoms with Crippen molar-refractivity contribution < 1.29 is 32.4 Å². The molecule has 2 fully saturated rings. The van der Waals surface area contributed by atoms with Gasteiger partial charge in [0.25, 0.3) is 5.91 Å². The van der Waals surface area contributed by atoms with Crippen molar-refractivity contribution in [2.75, 3.05) is 11.9 Å². The number of carboxylic acid groups (broad SMARTS) is 1. The van der Waals surface area contributed by atoms with Gasteiger partial charge < -0.3 is 28.1 Å². The first-order valence-corrected chi connectivity index (χ1v) is 19.0. The van der Waals surface area contributed by atoms with Gasteiger partial charge >= 0.3 is 28.8 Å². The molecule has 3 heterocycles. The van der Waals surface area contributed by atoms with Crippen LogP contribution in [0.4, 0.5) is 5.82 Å². The zero-order valence-electron chi connectivity index (χ0n) is 26.3. The van der Waals surface area contributed by atoms with Crippen LogP contribution in [0.15, 0.2) is 47.4 Å². The number of amides is 1. The molecule has 13 heteroatoms. The van der Waals surface area contributed by atoms with Crippen LogP contribution in [0.25, 0.3) is 0 Å². The van der Waals surface area contributed by atoms with Gasteiger partial charge in [-0.3, -0.25) is 14.2 Å². The van der Waals surface area contributed by atoms with Crippen molar-refractivity contribution in [2.24, 2.45) is 5.92 Å². The predicted octanol–water partition coefficient (Wildman–Crippen LogP) is 5.44. The summed E-state index contributed by atoms with van der Waals surface area (Å²) in [5.74, 6) is -2.07. The second-order valence-corrected chi connectivity index (χ2v) is 21.6. The molecule has 4 rings (SSSR count). The summed E-state index contributed by atoms with van der Waals surface area (Å²) in [4.78, 5) is 42.2. The van der Waals surface area contributed by atoms with E-state index in [1.54, 1.807) is 30.3 Å². The summed E-state index contributed by atoms with van der Waals surface area (Å²) in [5.41, 5.74) is 0.0994. The Morgan fingerprint density at radius 1 is 0.977 bits per heavy atom. The summed E-state index contributed by atoms with van der Waals surface area (Å²) in [5, 5.41) is 12.6. The summed E-state index contributed by atoms with van der Waals surface area (Å²) in [6, 6.07) is 10.1. The molecule has 0 radical (unpaired) electrons. The van der Waals surface area contributed by atoms with Crippen LogP contribution in [0.3, 0.4) is 0 Å². The minimum Gasteiger partial charge on any atom is -0.481 e. The Bertz CT molecular complexity index is 1330. The largest absolute Gasteiger partial charge is 0.481 e. The lowest BCUT2D eigenvalue weighted by Gasteiger charge is -2.51. The second-order valence-electron chi connectivity index (χ2n) is 12.7. The van der Waals surface area contributed by atoms with E-state index in [4.69, 9.17) is 17.7 Å². The summed E-state index contributed by atoms with van der Waals surface area (Å²) in [6.45, 7) is 17.0. The van der Waals surface area contributed by atoms with Crippen molar-refractivity contribution >= 4 is 34.8 Å². The van der Waals surface area contributed by atoms with Gasteiger partial charge in [0.15, 0.2) is 0 Å². The lowest BCUT2D eigenvalue weighted by Crippen LogP contribution is -2.65. The fourth-order valence-corrected chi connectivity index (χ4v) is 17.6. The minimum atomic E-state index is -3.05. The highest BCUT2D eigenvalue weighted by molar-refractivity contribution is 6.84. The highest BCUT2D eigenvalue weighted by Crippen LogP contribution is 2.50. The molecule has 1 aromatic carbocycles. The third kappa shape index (κ3) is 6.56. The van der Waals surface area contributed by atoms with Crippen LogP contribution in [0, 0.1) is 5.92 Å². The highest BCUT2D eigenvalue weighted by Gasteiger charge is 2.62. The number of hydrogen-bond acceptors (Lipinski definition) is 8. The van der Waals surface area contributed by atoms with Gasteiger partial charge in [0, 0.05) is 17.7 Å².